The normalized spacial score (nSPS) is 11.4. The van der Waals surface area contributed by atoms with Crippen molar-refractivity contribution in [3.63, 3.8) is 0 Å². The van der Waals surface area contributed by atoms with Crippen molar-refractivity contribution < 1.29 is 18.1 Å². The minimum Gasteiger partial charge on any atom is -0.404 e. The molecule has 0 aliphatic rings. The van der Waals surface area contributed by atoms with E-state index in [4.69, 9.17) is 4.52 Å². The van der Waals surface area contributed by atoms with Gasteiger partial charge in [0.15, 0.2) is 0 Å². The van der Waals surface area contributed by atoms with E-state index in [1.807, 2.05) is 6.07 Å². The maximum atomic E-state index is 11.5. The Labute approximate surface area is 90.9 Å². The van der Waals surface area contributed by atoms with Gasteiger partial charge in [-0.15, -0.1) is 0 Å². The summed E-state index contributed by atoms with van der Waals surface area (Å²) in [6, 6.07) is 6.92. The zero-order valence-corrected chi connectivity index (χ0v) is 10.2. The summed E-state index contributed by atoms with van der Waals surface area (Å²) in [7, 11) is -0.911. The van der Waals surface area contributed by atoms with E-state index in [1.54, 1.807) is 18.2 Å². The molecule has 0 aliphatic carbocycles. The molecule has 1 rings (SSSR count). The van der Waals surface area contributed by atoms with Crippen LogP contribution >= 0.6 is 23.8 Å². The van der Waals surface area contributed by atoms with Crippen molar-refractivity contribution in [3.05, 3.63) is 28.7 Å². The number of benzene rings is 1. The topological polar surface area (TPSA) is 44.8 Å². The fourth-order valence-corrected chi connectivity index (χ4v) is 1.85. The van der Waals surface area contributed by atoms with Crippen LogP contribution in [0.4, 0.5) is 0 Å². The van der Waals surface area contributed by atoms with Gasteiger partial charge in [-0.1, -0.05) is 22.0 Å². The molecule has 0 saturated carbocycles. The average molecular weight is 281 g/mol. The lowest BCUT2D eigenvalue weighted by molar-refractivity contribution is 0.211. The molecular weight excluding hydrogens is 271 g/mol. The summed E-state index contributed by atoms with van der Waals surface area (Å²) in [5, 5.41) is 0. The third kappa shape index (κ3) is 3.10. The van der Waals surface area contributed by atoms with E-state index in [0.29, 0.717) is 5.75 Å². The second-order valence-electron chi connectivity index (χ2n) is 2.36. The van der Waals surface area contributed by atoms with Crippen LogP contribution in [0.3, 0.4) is 0 Å². The van der Waals surface area contributed by atoms with Gasteiger partial charge in [-0.2, -0.15) is 0 Å². The molecule has 1 aromatic rings. The van der Waals surface area contributed by atoms with Gasteiger partial charge in [0.2, 0.25) is 0 Å². The van der Waals surface area contributed by atoms with E-state index in [-0.39, 0.29) is 0 Å². The van der Waals surface area contributed by atoms with Crippen LogP contribution in [-0.4, -0.2) is 14.2 Å². The zero-order valence-electron chi connectivity index (χ0n) is 7.77. The fraction of sp³-hybridized carbons (Fsp3) is 0.250. The highest BCUT2D eigenvalue weighted by Gasteiger charge is 2.24. The average Bonchev–Trinajstić information content (AvgIpc) is 2.18. The highest BCUT2D eigenvalue weighted by Crippen LogP contribution is 2.47. The van der Waals surface area contributed by atoms with Crippen molar-refractivity contribution in [2.45, 2.75) is 0 Å². The van der Waals surface area contributed by atoms with Crippen molar-refractivity contribution >= 4 is 23.8 Å². The lowest BCUT2D eigenvalue weighted by Gasteiger charge is -2.13. The Morgan fingerprint density at radius 1 is 1.29 bits per heavy atom. The van der Waals surface area contributed by atoms with E-state index in [0.717, 1.165) is 4.47 Å². The Bertz CT molecular complexity index is 347. The van der Waals surface area contributed by atoms with Gasteiger partial charge >= 0.3 is 7.82 Å². The number of halogens is 1. The van der Waals surface area contributed by atoms with Crippen LogP contribution in [0.15, 0.2) is 28.7 Å². The number of phosphoric ester groups is 1. The van der Waals surface area contributed by atoms with E-state index < -0.39 is 7.82 Å². The van der Waals surface area contributed by atoms with Crippen LogP contribution in [0.5, 0.6) is 5.75 Å². The summed E-state index contributed by atoms with van der Waals surface area (Å²) in [6.45, 7) is 0. The van der Waals surface area contributed by atoms with Gasteiger partial charge in [0, 0.05) is 18.7 Å². The molecule has 0 fully saturated rings. The Balaban J connectivity index is 2.83. The summed E-state index contributed by atoms with van der Waals surface area (Å²) in [4.78, 5) is 0. The molecular formula is C8H10BrO4P. The van der Waals surface area contributed by atoms with E-state index in [2.05, 4.69) is 25.0 Å². The molecule has 0 bridgehead atoms. The lowest BCUT2D eigenvalue weighted by Crippen LogP contribution is -1.96. The summed E-state index contributed by atoms with van der Waals surface area (Å²) < 4.78 is 26.7. The lowest BCUT2D eigenvalue weighted by atomic mass is 10.3. The van der Waals surface area contributed by atoms with Gasteiger partial charge in [-0.25, -0.2) is 4.57 Å². The quantitative estimate of drug-likeness (QED) is 0.795. The first kappa shape index (κ1) is 11.7. The number of hydrogen-bond acceptors (Lipinski definition) is 4. The molecule has 1 aromatic carbocycles. The Morgan fingerprint density at radius 3 is 2.43 bits per heavy atom. The molecule has 4 nitrogen and oxygen atoms in total. The minimum atomic E-state index is -3.44. The first-order valence-electron chi connectivity index (χ1n) is 3.76. The SMILES string of the molecule is COP(=O)(OC)Oc1cccc(Br)c1. The van der Waals surface area contributed by atoms with Crippen LogP contribution in [0, 0.1) is 0 Å². The smallest absolute Gasteiger partial charge is 0.404 e. The van der Waals surface area contributed by atoms with Crippen LogP contribution in [0.25, 0.3) is 0 Å². The van der Waals surface area contributed by atoms with Crippen molar-refractivity contribution in [1.82, 2.24) is 0 Å². The molecule has 0 aromatic heterocycles. The molecule has 0 atom stereocenters. The largest absolute Gasteiger partial charge is 0.529 e. The molecule has 0 N–H and O–H groups in total. The second kappa shape index (κ2) is 4.94. The molecule has 6 heteroatoms. The summed E-state index contributed by atoms with van der Waals surface area (Å²) in [6.07, 6.45) is 0. The maximum Gasteiger partial charge on any atom is 0.529 e. The third-order valence-corrected chi connectivity index (χ3v) is 3.28. The number of rotatable bonds is 4. The van der Waals surface area contributed by atoms with Crippen molar-refractivity contribution in [1.29, 1.82) is 0 Å². The van der Waals surface area contributed by atoms with Crippen LogP contribution in [-0.2, 0) is 13.6 Å². The molecule has 0 unspecified atom stereocenters. The molecule has 14 heavy (non-hydrogen) atoms. The van der Waals surface area contributed by atoms with Gasteiger partial charge in [0.05, 0.1) is 0 Å². The number of hydrogen-bond donors (Lipinski definition) is 0. The Morgan fingerprint density at radius 2 is 1.93 bits per heavy atom. The van der Waals surface area contributed by atoms with Crippen LogP contribution in [0.2, 0.25) is 0 Å². The highest BCUT2D eigenvalue weighted by atomic mass is 79.9. The van der Waals surface area contributed by atoms with Crippen molar-refractivity contribution in [2.24, 2.45) is 0 Å². The summed E-state index contributed by atoms with van der Waals surface area (Å²) in [5.74, 6) is 0.423. The van der Waals surface area contributed by atoms with E-state index >= 15 is 0 Å². The predicted molar refractivity (Wildman–Crippen MR) is 56.4 cm³/mol. The monoisotopic (exact) mass is 280 g/mol. The van der Waals surface area contributed by atoms with Gasteiger partial charge in [-0.3, -0.25) is 9.05 Å². The predicted octanol–water partition coefficient (Wildman–Crippen LogP) is 3.23. The molecule has 0 amide bonds. The molecule has 78 valence electrons. The van der Waals surface area contributed by atoms with Crippen LogP contribution < -0.4 is 4.52 Å². The summed E-state index contributed by atoms with van der Waals surface area (Å²) in [5.41, 5.74) is 0. The molecule has 0 saturated heterocycles. The first-order chi connectivity index (χ1) is 6.59. The molecule has 0 heterocycles. The summed E-state index contributed by atoms with van der Waals surface area (Å²) >= 11 is 3.26. The van der Waals surface area contributed by atoms with Crippen molar-refractivity contribution in [3.8, 4) is 5.75 Å². The number of phosphoric acid groups is 1. The van der Waals surface area contributed by atoms with Gasteiger partial charge in [-0.05, 0) is 18.2 Å². The molecule has 0 radical (unpaired) electrons. The highest BCUT2D eigenvalue weighted by molar-refractivity contribution is 9.10. The van der Waals surface area contributed by atoms with E-state index in [1.165, 1.54) is 14.2 Å². The Hall–Kier alpha value is -0.350. The second-order valence-corrected chi connectivity index (χ2v) is 5.08. The minimum absolute atomic E-state index is 0.423. The fourth-order valence-electron chi connectivity index (χ4n) is 0.802. The standard InChI is InChI=1S/C8H10BrO4P/c1-11-14(10,12-2)13-8-5-3-4-7(9)6-8/h3-6H,1-2H3. The molecule has 0 spiro atoms. The third-order valence-electron chi connectivity index (χ3n) is 1.46. The zero-order chi connectivity index (χ0) is 10.6. The van der Waals surface area contributed by atoms with Gasteiger partial charge in [0.25, 0.3) is 0 Å². The van der Waals surface area contributed by atoms with E-state index in [9.17, 15) is 4.57 Å². The van der Waals surface area contributed by atoms with Crippen LogP contribution in [0.1, 0.15) is 0 Å². The molecule has 0 aliphatic heterocycles. The first-order valence-corrected chi connectivity index (χ1v) is 6.01. The van der Waals surface area contributed by atoms with Gasteiger partial charge in [0.1, 0.15) is 5.75 Å². The van der Waals surface area contributed by atoms with Crippen molar-refractivity contribution in [2.75, 3.05) is 14.2 Å². The maximum absolute atomic E-state index is 11.5. The Kier molecular flexibility index (Phi) is 4.13. The van der Waals surface area contributed by atoms with Gasteiger partial charge < -0.3 is 4.52 Å².